The molecular formula is C9H14N4O4. The molecule has 17 heavy (non-hydrogen) atoms. The topological polar surface area (TPSA) is 98.0 Å². The van der Waals surface area contributed by atoms with Gasteiger partial charge in [0.15, 0.2) is 0 Å². The van der Waals surface area contributed by atoms with Gasteiger partial charge in [0.2, 0.25) is 5.27 Å². The molecule has 0 unspecified atom stereocenters. The van der Waals surface area contributed by atoms with Crippen LogP contribution >= 0.6 is 0 Å². The maximum Gasteiger partial charge on any atom is 0.335 e. The predicted molar refractivity (Wildman–Crippen MR) is 54.2 cm³/mol. The zero-order valence-electron chi connectivity index (χ0n) is 9.50. The molecule has 8 heteroatoms. The Morgan fingerprint density at radius 2 is 2.29 bits per heavy atom. The molecule has 0 amide bonds. The molecule has 1 aromatic rings. The average Bonchev–Trinajstić information content (AvgIpc) is 2.72. The average molecular weight is 242 g/mol. The van der Waals surface area contributed by atoms with E-state index in [0.29, 0.717) is 32.0 Å². The van der Waals surface area contributed by atoms with Crippen molar-refractivity contribution >= 4 is 11.8 Å². The monoisotopic (exact) mass is 242 g/mol. The molecule has 1 aliphatic rings. The molecule has 0 atom stereocenters. The fourth-order valence-electron chi connectivity index (χ4n) is 1.59. The Labute approximate surface area is 97.7 Å². The van der Waals surface area contributed by atoms with Gasteiger partial charge in [-0.05, 0) is 12.8 Å². The van der Waals surface area contributed by atoms with Gasteiger partial charge in [-0.15, -0.1) is 5.01 Å². The minimum Gasteiger partial charge on any atom is -0.862 e. The van der Waals surface area contributed by atoms with Crippen molar-refractivity contribution in [3.05, 3.63) is 5.69 Å². The minimum atomic E-state index is -0.398. The summed E-state index contributed by atoms with van der Waals surface area (Å²) in [6.07, 6.45) is 0. The van der Waals surface area contributed by atoms with Gasteiger partial charge in [0.25, 0.3) is 0 Å². The summed E-state index contributed by atoms with van der Waals surface area (Å²) in [6.45, 7) is 3.47. The molecule has 0 saturated carbocycles. The smallest absolute Gasteiger partial charge is 0.335 e. The lowest BCUT2D eigenvalue weighted by atomic mass is 10.4. The Morgan fingerprint density at radius 1 is 1.59 bits per heavy atom. The second-order valence-electron chi connectivity index (χ2n) is 3.57. The van der Waals surface area contributed by atoms with Crippen molar-refractivity contribution in [1.29, 1.82) is 0 Å². The van der Waals surface area contributed by atoms with Crippen LogP contribution in [0.5, 0.6) is 0 Å². The van der Waals surface area contributed by atoms with Gasteiger partial charge in [0.1, 0.15) is 6.61 Å². The van der Waals surface area contributed by atoms with Crippen LogP contribution in [0.15, 0.2) is 9.52 Å². The molecule has 8 nitrogen and oxygen atoms in total. The van der Waals surface area contributed by atoms with Gasteiger partial charge >= 0.3 is 11.6 Å². The second kappa shape index (κ2) is 5.11. The molecule has 0 radical (unpaired) electrons. The Morgan fingerprint density at radius 3 is 2.88 bits per heavy atom. The van der Waals surface area contributed by atoms with E-state index in [0.717, 1.165) is 0 Å². The zero-order valence-corrected chi connectivity index (χ0v) is 9.50. The third kappa shape index (κ3) is 2.53. The molecule has 0 bridgehead atoms. The first-order valence-electron chi connectivity index (χ1n) is 5.29. The number of morpholine rings is 1. The summed E-state index contributed by atoms with van der Waals surface area (Å²) in [5.74, 6) is -0.350. The number of hydrogen-bond donors (Lipinski definition) is 1. The highest BCUT2D eigenvalue weighted by Crippen LogP contribution is 2.14. The normalized spacial score (nSPS) is 17.5. The molecule has 2 heterocycles. The number of hydrogen-bond acceptors (Lipinski definition) is 7. The number of ether oxygens (including phenoxy) is 1. The molecule has 0 aromatic carbocycles. The molecule has 94 valence electrons. The second-order valence-corrected chi connectivity index (χ2v) is 3.57. The first-order chi connectivity index (χ1) is 8.22. The van der Waals surface area contributed by atoms with Gasteiger partial charge in [-0.3, -0.25) is 4.52 Å². The highest BCUT2D eigenvalue weighted by atomic mass is 16.5. The molecule has 1 N–H and O–H groups in total. The van der Waals surface area contributed by atoms with Crippen LogP contribution in [0.25, 0.3) is 0 Å². The van der Waals surface area contributed by atoms with Crippen LogP contribution in [0.3, 0.4) is 0 Å². The zero-order chi connectivity index (χ0) is 12.3. The quantitative estimate of drug-likeness (QED) is 0.368. The van der Waals surface area contributed by atoms with Crippen LogP contribution in [0.1, 0.15) is 12.6 Å². The molecule has 1 saturated heterocycles. The van der Waals surface area contributed by atoms with Crippen molar-refractivity contribution in [3.63, 3.8) is 0 Å². The maximum absolute atomic E-state index is 10.9. The van der Waals surface area contributed by atoms with E-state index in [1.165, 1.54) is 11.7 Å². The van der Waals surface area contributed by atoms with E-state index in [1.54, 1.807) is 0 Å². The standard InChI is InChI=1S/C9H14N4O4/c1-7(15)10-9-8(6-14)13(11-17-9)12-2-4-16-5-3-12/h14H,2-6H2,1H3. The van der Waals surface area contributed by atoms with E-state index >= 15 is 0 Å². The lowest BCUT2D eigenvalue weighted by Crippen LogP contribution is -2.64. The molecule has 1 aromatic heterocycles. The summed E-state index contributed by atoms with van der Waals surface area (Å²) in [6, 6.07) is 0. The molecule has 1 aliphatic heterocycles. The summed E-state index contributed by atoms with van der Waals surface area (Å²) in [7, 11) is 0. The molecular weight excluding hydrogens is 228 g/mol. The van der Waals surface area contributed by atoms with Crippen LogP contribution in [-0.4, -0.2) is 42.6 Å². The number of nitrogens with zero attached hydrogens (tertiary/aromatic N) is 4. The summed E-state index contributed by atoms with van der Waals surface area (Å²) < 4.78 is 10.1. The van der Waals surface area contributed by atoms with Crippen LogP contribution in [-0.2, 0) is 11.3 Å². The first-order valence-corrected chi connectivity index (χ1v) is 5.29. The highest BCUT2D eigenvalue weighted by molar-refractivity contribution is 5.71. The minimum absolute atomic E-state index is 0.0477. The van der Waals surface area contributed by atoms with Crippen molar-refractivity contribution < 1.29 is 24.3 Å². The first kappa shape index (κ1) is 11.8. The largest absolute Gasteiger partial charge is 0.862 e. The van der Waals surface area contributed by atoms with E-state index in [1.807, 2.05) is 5.01 Å². The van der Waals surface area contributed by atoms with E-state index in [9.17, 15) is 10.2 Å². The fourth-order valence-corrected chi connectivity index (χ4v) is 1.59. The fraction of sp³-hybridized carbons (Fsp3) is 0.667. The van der Waals surface area contributed by atoms with Crippen LogP contribution in [0.4, 0.5) is 5.88 Å². The van der Waals surface area contributed by atoms with Gasteiger partial charge in [-0.2, -0.15) is 0 Å². The third-order valence-electron chi connectivity index (χ3n) is 2.36. The van der Waals surface area contributed by atoms with E-state index in [4.69, 9.17) is 9.26 Å². The van der Waals surface area contributed by atoms with E-state index in [-0.39, 0.29) is 12.5 Å². The van der Waals surface area contributed by atoms with Crippen molar-refractivity contribution in [2.75, 3.05) is 31.3 Å². The van der Waals surface area contributed by atoms with Crippen molar-refractivity contribution in [2.45, 2.75) is 13.5 Å². The van der Waals surface area contributed by atoms with E-state index in [2.05, 4.69) is 10.3 Å². The molecule has 0 aliphatic carbocycles. The van der Waals surface area contributed by atoms with Crippen molar-refractivity contribution in [2.24, 2.45) is 4.99 Å². The van der Waals surface area contributed by atoms with Crippen LogP contribution in [0.2, 0.25) is 0 Å². The Kier molecular flexibility index (Phi) is 3.55. The SMILES string of the molecule is C/C([O-])=N/c1on[n+](N2CCOCC2)c1CO. The maximum atomic E-state index is 10.9. The Bertz CT molecular complexity index is 407. The summed E-state index contributed by atoms with van der Waals surface area (Å²) in [4.78, 5) is 5.07. The number of rotatable bonds is 3. The van der Waals surface area contributed by atoms with Gasteiger partial charge in [-0.1, -0.05) is 0 Å². The summed E-state index contributed by atoms with van der Waals surface area (Å²) in [5.41, 5.74) is 0.363. The Hall–Kier alpha value is -1.67. The number of aliphatic hydroxyl groups is 1. The lowest BCUT2D eigenvalue weighted by molar-refractivity contribution is -0.767. The van der Waals surface area contributed by atoms with Gasteiger partial charge < -0.3 is 14.9 Å². The molecule has 2 rings (SSSR count). The van der Waals surface area contributed by atoms with Crippen LogP contribution in [0, 0.1) is 0 Å². The summed E-state index contributed by atoms with van der Waals surface area (Å²) >= 11 is 0. The van der Waals surface area contributed by atoms with E-state index < -0.39 is 5.90 Å². The van der Waals surface area contributed by atoms with Gasteiger partial charge in [0, 0.05) is 0 Å². The predicted octanol–water partition coefficient (Wildman–Crippen LogP) is -2.17. The number of aliphatic imine (C=N–C) groups is 1. The van der Waals surface area contributed by atoms with Crippen molar-refractivity contribution in [1.82, 2.24) is 5.27 Å². The van der Waals surface area contributed by atoms with Crippen molar-refractivity contribution in [3.8, 4) is 0 Å². The number of aromatic nitrogens is 2. The lowest BCUT2D eigenvalue weighted by Gasteiger charge is -2.19. The number of aliphatic hydroxyl groups excluding tert-OH is 1. The molecule has 0 spiro atoms. The van der Waals surface area contributed by atoms with Gasteiger partial charge in [-0.25, -0.2) is 4.99 Å². The summed E-state index contributed by atoms with van der Waals surface area (Å²) in [5, 5.41) is 25.8. The highest BCUT2D eigenvalue weighted by Gasteiger charge is 2.30. The Balaban J connectivity index is 2.27. The van der Waals surface area contributed by atoms with Crippen LogP contribution < -0.4 is 14.9 Å². The molecule has 1 fully saturated rings. The third-order valence-corrected chi connectivity index (χ3v) is 2.36. The van der Waals surface area contributed by atoms with Gasteiger partial charge in [0.05, 0.1) is 31.1 Å².